The van der Waals surface area contributed by atoms with Crippen molar-refractivity contribution in [1.82, 2.24) is 0 Å². The smallest absolute Gasteiger partial charge is 0.239 e. The van der Waals surface area contributed by atoms with E-state index in [0.29, 0.717) is 0 Å². The summed E-state index contributed by atoms with van der Waals surface area (Å²) in [6.07, 6.45) is 0. The van der Waals surface area contributed by atoms with Crippen molar-refractivity contribution < 1.29 is 30.9 Å². The minimum Gasteiger partial charge on any atom is -0.338 e. The molecule has 0 saturated heterocycles. The van der Waals surface area contributed by atoms with Gasteiger partial charge in [0.2, 0.25) is 5.69 Å². The maximum absolute atomic E-state index is 7.87. The van der Waals surface area contributed by atoms with E-state index in [4.69, 9.17) is 9.79 Å². The second-order valence-electron chi connectivity index (χ2n) is 0.513. The van der Waals surface area contributed by atoms with Crippen LogP contribution in [0, 0.1) is 0 Å². The third kappa shape index (κ3) is 46.0. The van der Waals surface area contributed by atoms with Crippen LogP contribution in [-0.4, -0.2) is 9.79 Å². The van der Waals surface area contributed by atoms with E-state index in [-0.39, 0.29) is 21.1 Å². The molecule has 0 bridgehead atoms. The predicted molar refractivity (Wildman–Crippen MR) is 27.7 cm³/mol. The second kappa shape index (κ2) is 3.59. The van der Waals surface area contributed by atoms with Crippen molar-refractivity contribution in [1.29, 1.82) is 0 Å². The van der Waals surface area contributed by atoms with Gasteiger partial charge in [-0.2, -0.15) is 0 Å². The fourth-order valence-corrected chi connectivity index (χ4v) is 0. The van der Waals surface area contributed by atoms with E-state index in [1.165, 1.54) is 0 Å². The number of hydrogen-bond donors (Lipinski definition) is 3. The normalized spacial score (nSPS) is 9.83. The molecule has 0 radical (unpaired) electrons. The molecule has 0 aliphatic carbocycles. The summed E-state index contributed by atoms with van der Waals surface area (Å²) in [6.45, 7) is 0. The average molecular weight is 314 g/mol. The minimum absolute atomic E-state index is 0. The van der Waals surface area contributed by atoms with Crippen LogP contribution in [0.3, 0.4) is 0 Å². The van der Waals surface area contributed by atoms with Gasteiger partial charge in [0.1, 0.15) is 0 Å². The van der Waals surface area contributed by atoms with E-state index in [9.17, 15) is 0 Å². The van der Waals surface area contributed by atoms with Gasteiger partial charge in [0.15, 0.2) is 0 Å². The molecule has 38 valence electrons. The zero-order chi connectivity index (χ0) is 4.50. The molecule has 0 amide bonds. The molecule has 0 unspecified atom stereocenters. The molecule has 0 spiro atoms. The van der Waals surface area contributed by atoms with Gasteiger partial charge >= 0.3 is 0 Å². The SMILES string of the molecule is OP(O)(=S)S.[W]. The zero-order valence-electron chi connectivity index (χ0n) is 2.61. The first-order chi connectivity index (χ1) is 2.00. The van der Waals surface area contributed by atoms with Crippen molar-refractivity contribution in [2.24, 2.45) is 0 Å². The number of rotatable bonds is 0. The van der Waals surface area contributed by atoms with Crippen LogP contribution in [0.2, 0.25) is 0 Å². The number of thiol groups is 1. The Balaban J connectivity index is 0. The molecule has 6 heteroatoms. The molecular weight excluding hydrogens is 311 g/mol. The van der Waals surface area contributed by atoms with Crippen LogP contribution in [0.1, 0.15) is 0 Å². The Morgan fingerprint density at radius 1 is 1.50 bits per heavy atom. The summed E-state index contributed by atoms with van der Waals surface area (Å²) in [7, 11) is 0. The van der Waals surface area contributed by atoms with E-state index < -0.39 is 5.69 Å². The Morgan fingerprint density at radius 3 is 1.50 bits per heavy atom. The maximum Gasteiger partial charge on any atom is 0.239 e. The first-order valence-corrected chi connectivity index (χ1v) is 4.64. The molecule has 0 aliphatic rings. The second-order valence-corrected chi connectivity index (χ2v) is 5.55. The third-order valence-electron chi connectivity index (χ3n) is 0. The molecular formula is H3O2PS2W. The standard InChI is InChI=1S/H3O2PS2.W/c1-3(2,4)5;/h(H3,1,2,4,5);. The molecule has 0 heterocycles. The summed E-state index contributed by atoms with van der Waals surface area (Å²) in [4.78, 5) is 15.7. The Kier molecular flexibility index (Phi) is 6.32. The summed E-state index contributed by atoms with van der Waals surface area (Å²) in [6, 6.07) is 0. The van der Waals surface area contributed by atoms with Gasteiger partial charge in [-0.05, 0) is 11.8 Å². The molecule has 2 N–H and O–H groups in total. The summed E-state index contributed by atoms with van der Waals surface area (Å²) in [5, 5.41) is 0. The van der Waals surface area contributed by atoms with Crippen LogP contribution in [0.5, 0.6) is 0 Å². The van der Waals surface area contributed by atoms with Crippen LogP contribution in [0.15, 0.2) is 0 Å². The topological polar surface area (TPSA) is 40.5 Å². The van der Waals surface area contributed by atoms with E-state index in [1.807, 2.05) is 0 Å². The zero-order valence-corrected chi connectivity index (χ0v) is 8.14. The van der Waals surface area contributed by atoms with Crippen molar-refractivity contribution in [3.8, 4) is 0 Å². The van der Waals surface area contributed by atoms with Gasteiger partial charge in [0, 0.05) is 21.1 Å². The molecule has 0 aromatic heterocycles. The molecule has 0 saturated carbocycles. The molecule has 2 nitrogen and oxygen atoms in total. The van der Waals surface area contributed by atoms with Crippen molar-refractivity contribution in [2.45, 2.75) is 0 Å². The van der Waals surface area contributed by atoms with Crippen LogP contribution in [0.4, 0.5) is 0 Å². The van der Waals surface area contributed by atoms with Gasteiger partial charge in [0.05, 0.1) is 0 Å². The molecule has 0 aromatic carbocycles. The van der Waals surface area contributed by atoms with Crippen molar-refractivity contribution in [3.05, 3.63) is 0 Å². The van der Waals surface area contributed by atoms with Gasteiger partial charge in [-0.1, -0.05) is 12.2 Å². The van der Waals surface area contributed by atoms with Crippen molar-refractivity contribution in [3.63, 3.8) is 0 Å². The summed E-state index contributed by atoms with van der Waals surface area (Å²) in [5.74, 6) is 0. The Bertz CT molecular complexity index is 57.7. The van der Waals surface area contributed by atoms with Crippen LogP contribution < -0.4 is 0 Å². The van der Waals surface area contributed by atoms with Crippen molar-refractivity contribution >= 4 is 29.7 Å². The predicted octanol–water partition coefficient (Wildman–Crippen LogP) is 0.123. The third-order valence-corrected chi connectivity index (χ3v) is 0. The molecule has 0 aliphatic heterocycles. The largest absolute Gasteiger partial charge is 0.338 e. The first kappa shape index (κ1) is 10.6. The van der Waals surface area contributed by atoms with Crippen LogP contribution >= 0.6 is 17.9 Å². The van der Waals surface area contributed by atoms with Gasteiger partial charge in [0.25, 0.3) is 0 Å². The van der Waals surface area contributed by atoms with Crippen LogP contribution in [0.25, 0.3) is 0 Å². The van der Waals surface area contributed by atoms with Crippen molar-refractivity contribution in [2.75, 3.05) is 0 Å². The molecule has 0 atom stereocenters. The molecule has 6 heavy (non-hydrogen) atoms. The summed E-state index contributed by atoms with van der Waals surface area (Å²) in [5.41, 5.74) is -3.11. The Morgan fingerprint density at radius 2 is 1.50 bits per heavy atom. The average Bonchev–Trinajstić information content (AvgIpc) is 0.722. The van der Waals surface area contributed by atoms with E-state index in [0.717, 1.165) is 0 Å². The Labute approximate surface area is 60.5 Å². The first-order valence-electron chi connectivity index (χ1n) is 0.783. The molecule has 0 fully saturated rings. The summed E-state index contributed by atoms with van der Waals surface area (Å²) >= 11 is 7.07. The maximum atomic E-state index is 7.87. The minimum atomic E-state index is -3.11. The summed E-state index contributed by atoms with van der Waals surface area (Å²) < 4.78 is 0. The van der Waals surface area contributed by atoms with Gasteiger partial charge < -0.3 is 9.79 Å². The Hall–Kier alpha value is 1.61. The molecule has 0 rings (SSSR count). The fraction of sp³-hybridized carbons (Fsp3) is 0. The van der Waals surface area contributed by atoms with E-state index in [1.54, 1.807) is 0 Å². The van der Waals surface area contributed by atoms with Gasteiger partial charge in [-0.15, -0.1) is 0 Å². The fourth-order valence-electron chi connectivity index (χ4n) is 0. The number of hydrogen-bond acceptors (Lipinski definition) is 1. The monoisotopic (exact) mass is 314 g/mol. The van der Waals surface area contributed by atoms with E-state index >= 15 is 0 Å². The van der Waals surface area contributed by atoms with Gasteiger partial charge in [-0.3, -0.25) is 0 Å². The quantitative estimate of drug-likeness (QED) is 0.440. The van der Waals surface area contributed by atoms with Crippen LogP contribution in [-0.2, 0) is 32.9 Å². The molecule has 0 aromatic rings. The van der Waals surface area contributed by atoms with Gasteiger partial charge in [-0.25, -0.2) is 0 Å². The van der Waals surface area contributed by atoms with E-state index in [2.05, 4.69) is 24.1 Å².